The van der Waals surface area contributed by atoms with Crippen LogP contribution in [0.5, 0.6) is 5.75 Å². The summed E-state index contributed by atoms with van der Waals surface area (Å²) >= 11 is 0. The van der Waals surface area contributed by atoms with Crippen LogP contribution in [0.2, 0.25) is 0 Å². The summed E-state index contributed by atoms with van der Waals surface area (Å²) < 4.78 is 0. The van der Waals surface area contributed by atoms with Crippen LogP contribution in [0.4, 0.5) is 0 Å². The van der Waals surface area contributed by atoms with Crippen molar-refractivity contribution in [2.75, 3.05) is 7.05 Å². The van der Waals surface area contributed by atoms with E-state index in [1.54, 1.807) is 6.08 Å². The smallest absolute Gasteiger partial charge is 0.121 e. The minimum Gasteiger partial charge on any atom is -0.507 e. The lowest BCUT2D eigenvalue weighted by molar-refractivity contribution is 0.464. The SMILES string of the molecule is C=C/C=C(/NC)C(=C)CC.CC.CCc1cc(C)cc(C)c1O. The van der Waals surface area contributed by atoms with Gasteiger partial charge in [-0.05, 0) is 49.5 Å². The lowest BCUT2D eigenvalue weighted by atomic mass is 10.0. The van der Waals surface area contributed by atoms with E-state index in [1.165, 1.54) is 5.56 Å². The van der Waals surface area contributed by atoms with Crippen LogP contribution in [0.1, 0.15) is 50.8 Å². The van der Waals surface area contributed by atoms with Gasteiger partial charge in [-0.3, -0.25) is 0 Å². The Labute approximate surface area is 143 Å². The molecule has 0 aliphatic carbocycles. The molecule has 0 radical (unpaired) electrons. The van der Waals surface area contributed by atoms with Gasteiger partial charge in [-0.25, -0.2) is 0 Å². The summed E-state index contributed by atoms with van der Waals surface area (Å²) in [5, 5.41) is 12.6. The van der Waals surface area contributed by atoms with Crippen LogP contribution in [0, 0.1) is 13.8 Å². The molecule has 0 heterocycles. The molecule has 0 atom stereocenters. The molecule has 130 valence electrons. The molecule has 23 heavy (non-hydrogen) atoms. The first-order chi connectivity index (χ1) is 10.9. The Morgan fingerprint density at radius 1 is 1.22 bits per heavy atom. The second kappa shape index (κ2) is 13.7. The maximum absolute atomic E-state index is 9.52. The summed E-state index contributed by atoms with van der Waals surface area (Å²) in [7, 11) is 1.89. The van der Waals surface area contributed by atoms with Crippen LogP contribution in [0.15, 0.2) is 48.7 Å². The molecule has 0 saturated carbocycles. The van der Waals surface area contributed by atoms with Crippen LogP contribution < -0.4 is 5.32 Å². The fraction of sp³-hybridized carbons (Fsp3) is 0.429. The fourth-order valence-electron chi connectivity index (χ4n) is 2.00. The molecule has 0 aliphatic rings. The van der Waals surface area contributed by atoms with Crippen LogP contribution in [0.3, 0.4) is 0 Å². The molecule has 0 aromatic heterocycles. The van der Waals surface area contributed by atoms with Crippen LogP contribution >= 0.6 is 0 Å². The molecule has 0 saturated heterocycles. The highest BCUT2D eigenvalue weighted by Gasteiger charge is 2.02. The van der Waals surface area contributed by atoms with Crippen molar-refractivity contribution in [3.8, 4) is 5.75 Å². The van der Waals surface area contributed by atoms with Gasteiger partial charge < -0.3 is 10.4 Å². The molecule has 0 bridgehead atoms. The molecule has 0 aliphatic heterocycles. The zero-order valence-corrected chi connectivity index (χ0v) is 16.1. The second-order valence-electron chi connectivity index (χ2n) is 4.97. The van der Waals surface area contributed by atoms with Crippen molar-refractivity contribution >= 4 is 0 Å². The second-order valence-corrected chi connectivity index (χ2v) is 4.97. The molecule has 1 rings (SSSR count). The molecule has 2 heteroatoms. The quantitative estimate of drug-likeness (QED) is 0.669. The molecule has 0 unspecified atom stereocenters. The number of hydrogen-bond donors (Lipinski definition) is 2. The first-order valence-corrected chi connectivity index (χ1v) is 8.38. The van der Waals surface area contributed by atoms with E-state index in [9.17, 15) is 5.11 Å². The normalized spacial score (nSPS) is 9.78. The van der Waals surface area contributed by atoms with Gasteiger partial charge in [-0.2, -0.15) is 0 Å². The van der Waals surface area contributed by atoms with Gasteiger partial charge in [0.1, 0.15) is 5.75 Å². The van der Waals surface area contributed by atoms with Crippen molar-refractivity contribution in [3.05, 3.63) is 65.4 Å². The Kier molecular flexibility index (Phi) is 13.9. The summed E-state index contributed by atoms with van der Waals surface area (Å²) in [5.74, 6) is 0.457. The van der Waals surface area contributed by atoms with Crippen molar-refractivity contribution < 1.29 is 5.11 Å². The van der Waals surface area contributed by atoms with Gasteiger partial charge in [0.25, 0.3) is 0 Å². The van der Waals surface area contributed by atoms with E-state index in [4.69, 9.17) is 0 Å². The molecule has 2 nitrogen and oxygen atoms in total. The van der Waals surface area contributed by atoms with Gasteiger partial charge in [0.15, 0.2) is 0 Å². The third-order valence-electron chi connectivity index (χ3n) is 3.27. The van der Waals surface area contributed by atoms with Crippen molar-refractivity contribution in [2.24, 2.45) is 0 Å². The summed E-state index contributed by atoms with van der Waals surface area (Å²) in [5.41, 5.74) is 5.42. The number of aromatic hydroxyl groups is 1. The number of likely N-dealkylation sites (N-methyl/N-ethyl adjacent to an activating group) is 1. The van der Waals surface area contributed by atoms with Gasteiger partial charge in [-0.1, -0.05) is 64.6 Å². The van der Waals surface area contributed by atoms with Crippen molar-refractivity contribution in [1.29, 1.82) is 0 Å². The van der Waals surface area contributed by atoms with Crippen LogP contribution in [-0.4, -0.2) is 12.2 Å². The zero-order chi connectivity index (χ0) is 18.4. The topological polar surface area (TPSA) is 32.3 Å². The van der Waals surface area contributed by atoms with Crippen molar-refractivity contribution in [2.45, 2.75) is 54.4 Å². The predicted octanol–water partition coefficient (Wildman–Crippen LogP) is 5.84. The zero-order valence-electron chi connectivity index (χ0n) is 16.1. The van der Waals surface area contributed by atoms with E-state index >= 15 is 0 Å². The highest BCUT2D eigenvalue weighted by Crippen LogP contribution is 2.23. The average Bonchev–Trinajstić information content (AvgIpc) is 2.57. The van der Waals surface area contributed by atoms with Crippen molar-refractivity contribution in [3.63, 3.8) is 0 Å². The van der Waals surface area contributed by atoms with E-state index in [0.717, 1.165) is 35.2 Å². The van der Waals surface area contributed by atoms with E-state index in [1.807, 2.05) is 59.9 Å². The predicted molar refractivity (Wildman–Crippen MR) is 105 cm³/mol. The third kappa shape index (κ3) is 8.92. The molecule has 0 spiro atoms. The summed E-state index contributed by atoms with van der Waals surface area (Å²) in [6.45, 7) is 19.6. The van der Waals surface area contributed by atoms with E-state index in [-0.39, 0.29) is 0 Å². The maximum Gasteiger partial charge on any atom is 0.121 e. The lowest BCUT2D eigenvalue weighted by Crippen LogP contribution is -2.06. The van der Waals surface area contributed by atoms with Crippen molar-refractivity contribution in [1.82, 2.24) is 5.32 Å². The number of phenolic OH excluding ortho intramolecular Hbond substituents is 1. The lowest BCUT2D eigenvalue weighted by Gasteiger charge is -2.05. The summed E-state index contributed by atoms with van der Waals surface area (Å²) in [6, 6.07) is 4.02. The molecular weight excluding hydrogens is 282 g/mol. The van der Waals surface area contributed by atoms with E-state index in [2.05, 4.69) is 25.4 Å². The Morgan fingerprint density at radius 2 is 1.78 bits per heavy atom. The number of aryl methyl sites for hydroxylation is 3. The monoisotopic (exact) mass is 317 g/mol. The highest BCUT2D eigenvalue weighted by atomic mass is 16.3. The molecule has 0 fully saturated rings. The van der Waals surface area contributed by atoms with Gasteiger partial charge in [0.05, 0.1) is 0 Å². The number of benzene rings is 1. The Morgan fingerprint density at radius 3 is 2.17 bits per heavy atom. The van der Waals surface area contributed by atoms with Gasteiger partial charge in [-0.15, -0.1) is 0 Å². The first kappa shape index (κ1) is 23.3. The van der Waals surface area contributed by atoms with Gasteiger partial charge >= 0.3 is 0 Å². The largest absolute Gasteiger partial charge is 0.507 e. The van der Waals surface area contributed by atoms with Crippen LogP contribution in [-0.2, 0) is 6.42 Å². The Hall–Kier alpha value is -1.96. The molecule has 0 amide bonds. The number of allylic oxidation sites excluding steroid dienone is 3. The molecule has 1 aromatic carbocycles. The van der Waals surface area contributed by atoms with Gasteiger partial charge in [0.2, 0.25) is 0 Å². The van der Waals surface area contributed by atoms with Gasteiger partial charge in [0, 0.05) is 12.7 Å². The Balaban J connectivity index is 0. The molecule has 2 N–H and O–H groups in total. The highest BCUT2D eigenvalue weighted by molar-refractivity contribution is 5.42. The third-order valence-corrected chi connectivity index (χ3v) is 3.27. The summed E-state index contributed by atoms with van der Waals surface area (Å²) in [6.07, 6.45) is 5.55. The minimum atomic E-state index is 0.457. The van der Waals surface area contributed by atoms with E-state index < -0.39 is 0 Å². The summed E-state index contributed by atoms with van der Waals surface area (Å²) in [4.78, 5) is 0. The number of hydrogen-bond acceptors (Lipinski definition) is 2. The van der Waals surface area contributed by atoms with E-state index in [0.29, 0.717) is 5.75 Å². The minimum absolute atomic E-state index is 0.457. The number of rotatable bonds is 5. The van der Waals surface area contributed by atoms with Crippen LogP contribution in [0.25, 0.3) is 0 Å². The standard InChI is InChI=1S/C10H14O.C9H15N.C2H6/c1-4-9-6-7(2)5-8(3)10(9)11;1-5-7-9(10-4)8(3)6-2;1-2/h5-6,11H,4H2,1-3H3;5,7,10H,1,3,6H2,2,4H3;1-2H3/b;9-7+;. The maximum atomic E-state index is 9.52. The first-order valence-electron chi connectivity index (χ1n) is 8.38. The molecule has 1 aromatic rings. The number of phenols is 1. The fourth-order valence-corrected chi connectivity index (χ4v) is 2.00. The average molecular weight is 318 g/mol. The molecular formula is C21H35NO. The number of nitrogens with one attached hydrogen (secondary N) is 1. The Bertz CT molecular complexity index is 513.